The smallest absolute Gasteiger partial charge is 0.195 e. The van der Waals surface area contributed by atoms with Crippen molar-refractivity contribution in [1.29, 1.82) is 0 Å². The van der Waals surface area contributed by atoms with Gasteiger partial charge in [-0.25, -0.2) is 0 Å². The van der Waals surface area contributed by atoms with Gasteiger partial charge in [-0.15, -0.1) is 10.2 Å². The van der Waals surface area contributed by atoms with Gasteiger partial charge < -0.3 is 0 Å². The molecule has 0 bridgehead atoms. The van der Waals surface area contributed by atoms with E-state index in [4.69, 9.17) is 0 Å². The highest BCUT2D eigenvalue weighted by Gasteiger charge is 2.06. The maximum atomic E-state index is 4.21. The third-order valence-electron chi connectivity index (χ3n) is 2.45. The summed E-state index contributed by atoms with van der Waals surface area (Å²) in [6.07, 6.45) is 4.02. The summed E-state index contributed by atoms with van der Waals surface area (Å²) >= 11 is 1.60. The molecular weight excluding hydrogens is 206 g/mol. The fourth-order valence-electron chi connectivity index (χ4n) is 1.74. The van der Waals surface area contributed by atoms with Crippen LogP contribution in [0.2, 0.25) is 0 Å². The molecule has 15 heavy (non-hydrogen) atoms. The molecule has 0 aliphatic heterocycles. The molecule has 3 aromatic rings. The fraction of sp³-hybridized carbons (Fsp3) is 0.0909. The van der Waals surface area contributed by atoms with Crippen LogP contribution in [0.5, 0.6) is 0 Å². The minimum Gasteiger partial charge on any atom is -0.277 e. The van der Waals surface area contributed by atoms with Crippen molar-refractivity contribution in [2.75, 3.05) is 6.26 Å². The van der Waals surface area contributed by atoms with Gasteiger partial charge in [0.15, 0.2) is 10.8 Å². The molecule has 2 aromatic heterocycles. The van der Waals surface area contributed by atoms with Gasteiger partial charge in [0.05, 0.1) is 0 Å². The second-order valence-corrected chi connectivity index (χ2v) is 4.06. The lowest BCUT2D eigenvalue weighted by Gasteiger charge is -1.99. The molecule has 74 valence electrons. The van der Waals surface area contributed by atoms with Gasteiger partial charge in [0, 0.05) is 11.6 Å². The number of rotatable bonds is 1. The lowest BCUT2D eigenvalue weighted by molar-refractivity contribution is 0.925. The van der Waals surface area contributed by atoms with Crippen LogP contribution in [0.15, 0.2) is 41.7 Å². The number of fused-ring (bicyclic) bond motifs is 3. The van der Waals surface area contributed by atoms with Gasteiger partial charge in [-0.1, -0.05) is 36.0 Å². The number of hydrogen-bond acceptors (Lipinski definition) is 3. The van der Waals surface area contributed by atoms with E-state index in [0.29, 0.717) is 0 Å². The zero-order valence-electron chi connectivity index (χ0n) is 8.21. The number of aromatic nitrogens is 3. The number of pyridine rings is 1. The first-order chi connectivity index (χ1) is 7.40. The maximum absolute atomic E-state index is 4.21. The summed E-state index contributed by atoms with van der Waals surface area (Å²) in [4.78, 5) is 0. The van der Waals surface area contributed by atoms with E-state index >= 15 is 0 Å². The van der Waals surface area contributed by atoms with Crippen LogP contribution in [0.3, 0.4) is 0 Å². The summed E-state index contributed by atoms with van der Waals surface area (Å²) in [6, 6.07) is 10.3. The van der Waals surface area contributed by atoms with Gasteiger partial charge in [-0.3, -0.25) is 4.40 Å². The van der Waals surface area contributed by atoms with Crippen molar-refractivity contribution < 1.29 is 0 Å². The Morgan fingerprint density at radius 2 is 2.00 bits per heavy atom. The van der Waals surface area contributed by atoms with Gasteiger partial charge in [-0.05, 0) is 17.7 Å². The van der Waals surface area contributed by atoms with E-state index in [2.05, 4.69) is 28.4 Å². The van der Waals surface area contributed by atoms with Crippen molar-refractivity contribution in [3.63, 3.8) is 0 Å². The van der Waals surface area contributed by atoms with E-state index in [9.17, 15) is 0 Å². The standard InChI is InChI=1S/C11H9N3S/c1-15-11-13-12-10-9-5-3-2-4-8(9)6-7-14(10)11/h2-7H,1H3. The topological polar surface area (TPSA) is 30.2 Å². The molecular formula is C11H9N3S. The molecule has 0 fully saturated rings. The second kappa shape index (κ2) is 3.24. The molecule has 1 aromatic carbocycles. The number of hydrogen-bond donors (Lipinski definition) is 0. The third-order valence-corrected chi connectivity index (χ3v) is 3.10. The first-order valence-electron chi connectivity index (χ1n) is 4.66. The second-order valence-electron chi connectivity index (χ2n) is 3.28. The van der Waals surface area contributed by atoms with E-state index in [1.54, 1.807) is 11.8 Å². The van der Waals surface area contributed by atoms with Crippen LogP contribution >= 0.6 is 11.8 Å². The molecule has 0 unspecified atom stereocenters. The Balaban J connectivity index is 2.50. The quantitative estimate of drug-likeness (QED) is 0.584. The summed E-state index contributed by atoms with van der Waals surface area (Å²) < 4.78 is 2.02. The first kappa shape index (κ1) is 8.73. The van der Waals surface area contributed by atoms with Crippen LogP contribution in [0.4, 0.5) is 0 Å². The fourth-order valence-corrected chi connectivity index (χ4v) is 2.20. The maximum Gasteiger partial charge on any atom is 0.195 e. The average molecular weight is 215 g/mol. The minimum atomic E-state index is 0.927. The molecule has 0 radical (unpaired) electrons. The van der Waals surface area contributed by atoms with E-state index in [1.165, 1.54) is 5.39 Å². The monoisotopic (exact) mass is 215 g/mol. The van der Waals surface area contributed by atoms with Crippen molar-refractivity contribution >= 4 is 28.2 Å². The van der Waals surface area contributed by atoms with Crippen LogP contribution in [0, 0.1) is 0 Å². The van der Waals surface area contributed by atoms with Crippen LogP contribution in [-0.4, -0.2) is 20.9 Å². The minimum absolute atomic E-state index is 0.927. The predicted molar refractivity (Wildman–Crippen MR) is 62.3 cm³/mol. The molecule has 0 spiro atoms. The van der Waals surface area contributed by atoms with E-state index in [-0.39, 0.29) is 0 Å². The van der Waals surface area contributed by atoms with E-state index in [0.717, 1.165) is 16.2 Å². The van der Waals surface area contributed by atoms with Crippen molar-refractivity contribution in [1.82, 2.24) is 14.6 Å². The first-order valence-corrected chi connectivity index (χ1v) is 5.89. The van der Waals surface area contributed by atoms with Crippen LogP contribution in [0.1, 0.15) is 0 Å². The lowest BCUT2D eigenvalue weighted by atomic mass is 10.2. The van der Waals surface area contributed by atoms with Crippen molar-refractivity contribution in [3.8, 4) is 0 Å². The van der Waals surface area contributed by atoms with Crippen molar-refractivity contribution in [3.05, 3.63) is 36.5 Å². The Hall–Kier alpha value is -1.55. The molecule has 0 atom stereocenters. The van der Waals surface area contributed by atoms with Gasteiger partial charge in [0.25, 0.3) is 0 Å². The number of nitrogens with zero attached hydrogens (tertiary/aromatic N) is 3. The molecule has 0 N–H and O–H groups in total. The molecule has 0 aliphatic carbocycles. The van der Waals surface area contributed by atoms with E-state index in [1.807, 2.05) is 29.0 Å². The summed E-state index contributed by atoms with van der Waals surface area (Å²) in [6.45, 7) is 0. The van der Waals surface area contributed by atoms with E-state index < -0.39 is 0 Å². The zero-order chi connectivity index (χ0) is 10.3. The van der Waals surface area contributed by atoms with Gasteiger partial charge in [-0.2, -0.15) is 0 Å². The highest BCUT2D eigenvalue weighted by atomic mass is 32.2. The SMILES string of the molecule is CSc1nnc2c3ccccc3ccn12. The zero-order valence-corrected chi connectivity index (χ0v) is 9.03. The highest BCUT2D eigenvalue weighted by molar-refractivity contribution is 7.98. The molecule has 0 saturated heterocycles. The molecule has 4 heteroatoms. The number of thioether (sulfide) groups is 1. The third kappa shape index (κ3) is 1.22. The Morgan fingerprint density at radius 1 is 1.13 bits per heavy atom. The van der Waals surface area contributed by atoms with Gasteiger partial charge in [0.1, 0.15) is 0 Å². The normalized spacial score (nSPS) is 11.3. The Labute approximate surface area is 91.1 Å². The number of benzene rings is 1. The Morgan fingerprint density at radius 3 is 2.87 bits per heavy atom. The van der Waals surface area contributed by atoms with Crippen LogP contribution in [-0.2, 0) is 0 Å². The van der Waals surface area contributed by atoms with Crippen molar-refractivity contribution in [2.45, 2.75) is 5.16 Å². The molecule has 0 aliphatic rings. The van der Waals surface area contributed by atoms with Crippen LogP contribution < -0.4 is 0 Å². The van der Waals surface area contributed by atoms with Crippen LogP contribution in [0.25, 0.3) is 16.4 Å². The summed E-state index contributed by atoms with van der Waals surface area (Å²) in [7, 11) is 0. The van der Waals surface area contributed by atoms with Crippen molar-refractivity contribution in [2.24, 2.45) is 0 Å². The molecule has 3 nitrogen and oxygen atoms in total. The highest BCUT2D eigenvalue weighted by Crippen LogP contribution is 2.21. The molecule has 0 saturated carbocycles. The summed E-state index contributed by atoms with van der Waals surface area (Å²) in [5, 5.41) is 11.6. The molecule has 3 rings (SSSR count). The lowest BCUT2D eigenvalue weighted by Crippen LogP contribution is -1.87. The Bertz CT molecular complexity index is 630. The van der Waals surface area contributed by atoms with Gasteiger partial charge >= 0.3 is 0 Å². The predicted octanol–water partition coefficient (Wildman–Crippen LogP) is 2.60. The largest absolute Gasteiger partial charge is 0.277 e. The Kier molecular flexibility index (Phi) is 1.89. The summed E-state index contributed by atoms with van der Waals surface area (Å²) in [5.41, 5.74) is 0.928. The summed E-state index contributed by atoms with van der Waals surface area (Å²) in [5.74, 6) is 0. The molecule has 0 amide bonds. The van der Waals surface area contributed by atoms with Gasteiger partial charge in [0.2, 0.25) is 0 Å². The molecule has 2 heterocycles. The average Bonchev–Trinajstić information content (AvgIpc) is 2.72.